The van der Waals surface area contributed by atoms with Gasteiger partial charge < -0.3 is 19.6 Å². The maximum atomic E-state index is 12.3. The molecule has 2 aliphatic heterocycles. The minimum atomic E-state index is -0.117. The number of nitrogens with one attached hydrogen (secondary N) is 1. The van der Waals surface area contributed by atoms with E-state index < -0.39 is 0 Å². The Morgan fingerprint density at radius 3 is 2.85 bits per heavy atom. The van der Waals surface area contributed by atoms with Crippen LogP contribution < -0.4 is 5.32 Å². The summed E-state index contributed by atoms with van der Waals surface area (Å²) in [6, 6.07) is 0.112. The van der Waals surface area contributed by atoms with E-state index in [0.717, 1.165) is 52.1 Å². The van der Waals surface area contributed by atoms with Crippen LogP contribution in [0, 0.1) is 0 Å². The highest BCUT2D eigenvalue weighted by atomic mass is 16.5. The van der Waals surface area contributed by atoms with Crippen molar-refractivity contribution in [2.75, 3.05) is 39.3 Å². The van der Waals surface area contributed by atoms with Crippen molar-refractivity contribution in [3.05, 3.63) is 11.7 Å². The molecule has 1 atom stereocenters. The minimum Gasteiger partial charge on any atom is -0.337 e. The molecule has 0 aromatic carbocycles. The van der Waals surface area contributed by atoms with Crippen LogP contribution in [0.2, 0.25) is 0 Å². The number of rotatable bonds is 3. The minimum absolute atomic E-state index is 0.112. The molecule has 0 saturated carbocycles. The topological polar surface area (TPSA) is 74.5 Å². The second-order valence-corrected chi connectivity index (χ2v) is 5.33. The zero-order valence-electron chi connectivity index (χ0n) is 11.8. The van der Waals surface area contributed by atoms with Gasteiger partial charge in [-0.25, -0.2) is 0 Å². The third kappa shape index (κ3) is 2.69. The summed E-state index contributed by atoms with van der Waals surface area (Å²) in [5, 5.41) is 7.13. The number of hydrogen-bond donors (Lipinski definition) is 1. The molecule has 3 rings (SSSR count). The number of hydrogen-bond acceptors (Lipinski definition) is 6. The Kier molecular flexibility index (Phi) is 3.98. The van der Waals surface area contributed by atoms with Gasteiger partial charge >= 0.3 is 0 Å². The molecule has 1 amide bonds. The van der Waals surface area contributed by atoms with E-state index in [-0.39, 0.29) is 17.8 Å². The molecule has 0 spiro atoms. The van der Waals surface area contributed by atoms with Gasteiger partial charge in [-0.1, -0.05) is 12.1 Å². The molecule has 3 heterocycles. The van der Waals surface area contributed by atoms with Crippen molar-refractivity contribution in [3.63, 3.8) is 0 Å². The number of piperazine rings is 1. The van der Waals surface area contributed by atoms with Crippen LogP contribution in [0.15, 0.2) is 4.52 Å². The fourth-order valence-corrected chi connectivity index (χ4v) is 2.77. The van der Waals surface area contributed by atoms with Crippen molar-refractivity contribution in [3.8, 4) is 0 Å². The number of carbonyl (C=O) groups excluding carboxylic acids is 1. The molecule has 1 aromatic rings. The zero-order chi connectivity index (χ0) is 13.9. The molecule has 7 heteroatoms. The van der Waals surface area contributed by atoms with E-state index in [1.165, 1.54) is 0 Å². The normalized spacial score (nSPS) is 24.2. The lowest BCUT2D eigenvalue weighted by Gasteiger charge is -2.33. The van der Waals surface area contributed by atoms with Gasteiger partial charge in [0.1, 0.15) is 0 Å². The van der Waals surface area contributed by atoms with Crippen LogP contribution >= 0.6 is 0 Å². The lowest BCUT2D eigenvalue weighted by Crippen LogP contribution is -2.48. The second-order valence-electron chi connectivity index (χ2n) is 5.33. The Morgan fingerprint density at radius 2 is 2.20 bits per heavy atom. The fraction of sp³-hybridized carbons (Fsp3) is 0.769. The molecule has 2 fully saturated rings. The van der Waals surface area contributed by atoms with E-state index >= 15 is 0 Å². The summed E-state index contributed by atoms with van der Waals surface area (Å²) in [7, 11) is 0. The summed E-state index contributed by atoms with van der Waals surface area (Å²) < 4.78 is 5.22. The van der Waals surface area contributed by atoms with Crippen LogP contribution in [0.5, 0.6) is 0 Å². The predicted molar refractivity (Wildman–Crippen MR) is 72.3 cm³/mol. The summed E-state index contributed by atoms with van der Waals surface area (Å²) in [5.74, 6) is 0.616. The third-order valence-electron chi connectivity index (χ3n) is 4.10. The summed E-state index contributed by atoms with van der Waals surface area (Å²) >= 11 is 0. The van der Waals surface area contributed by atoms with Crippen LogP contribution in [0.1, 0.15) is 42.3 Å². The molecule has 1 N–H and O–H groups in total. The van der Waals surface area contributed by atoms with E-state index in [2.05, 4.69) is 27.3 Å². The lowest BCUT2D eigenvalue weighted by molar-refractivity contribution is 0.0628. The van der Waals surface area contributed by atoms with Gasteiger partial charge in [0.15, 0.2) is 0 Å². The van der Waals surface area contributed by atoms with Gasteiger partial charge in [-0.15, -0.1) is 0 Å². The summed E-state index contributed by atoms with van der Waals surface area (Å²) in [4.78, 5) is 20.7. The molecule has 1 unspecified atom stereocenters. The van der Waals surface area contributed by atoms with E-state index in [4.69, 9.17) is 4.52 Å². The number of nitrogens with zero attached hydrogens (tertiary/aromatic N) is 4. The molecule has 0 bridgehead atoms. The average Bonchev–Trinajstić information content (AvgIpc) is 3.17. The highest BCUT2D eigenvalue weighted by Gasteiger charge is 2.28. The molecule has 0 radical (unpaired) electrons. The molecule has 7 nitrogen and oxygen atoms in total. The van der Waals surface area contributed by atoms with E-state index in [0.29, 0.717) is 5.89 Å². The summed E-state index contributed by atoms with van der Waals surface area (Å²) in [5.41, 5.74) is 0. The molecule has 2 aliphatic rings. The van der Waals surface area contributed by atoms with Crippen LogP contribution in [-0.4, -0.2) is 65.1 Å². The molecular formula is C13H21N5O2. The van der Waals surface area contributed by atoms with Gasteiger partial charge in [-0.2, -0.15) is 4.98 Å². The standard InChI is InChI=1S/C13H21N5O2/c1-2-17-6-8-18(9-7-17)13(19)11-15-12(20-16-11)10-4-3-5-14-10/h10,14H,2-9H2,1H3. The Bertz CT molecular complexity index is 461. The maximum absolute atomic E-state index is 12.3. The van der Waals surface area contributed by atoms with Crippen LogP contribution in [0.4, 0.5) is 0 Å². The quantitative estimate of drug-likeness (QED) is 0.856. The summed E-state index contributed by atoms with van der Waals surface area (Å²) in [6.45, 7) is 7.43. The Hall–Kier alpha value is -1.47. The smallest absolute Gasteiger partial charge is 0.295 e. The third-order valence-corrected chi connectivity index (χ3v) is 4.10. The molecule has 0 aliphatic carbocycles. The van der Waals surface area contributed by atoms with Crippen molar-refractivity contribution in [2.45, 2.75) is 25.8 Å². The monoisotopic (exact) mass is 279 g/mol. The van der Waals surface area contributed by atoms with Gasteiger partial charge in [0, 0.05) is 26.2 Å². The first kappa shape index (κ1) is 13.5. The SMILES string of the molecule is CCN1CCN(C(=O)c2noc(C3CCCN3)n2)CC1. The first-order valence-electron chi connectivity index (χ1n) is 7.36. The molecule has 20 heavy (non-hydrogen) atoms. The van der Waals surface area contributed by atoms with Crippen molar-refractivity contribution >= 4 is 5.91 Å². The van der Waals surface area contributed by atoms with Crippen molar-refractivity contribution in [1.29, 1.82) is 0 Å². The number of likely N-dealkylation sites (N-methyl/N-ethyl adjacent to an activating group) is 1. The largest absolute Gasteiger partial charge is 0.337 e. The first-order chi connectivity index (χ1) is 9.78. The maximum Gasteiger partial charge on any atom is 0.295 e. The Labute approximate surface area is 118 Å². The molecule has 110 valence electrons. The Balaban J connectivity index is 1.62. The van der Waals surface area contributed by atoms with Gasteiger partial charge in [-0.05, 0) is 25.9 Å². The van der Waals surface area contributed by atoms with Gasteiger partial charge in [-0.3, -0.25) is 4.79 Å². The van der Waals surface area contributed by atoms with Crippen molar-refractivity contribution in [1.82, 2.24) is 25.3 Å². The number of aromatic nitrogens is 2. The van der Waals surface area contributed by atoms with Crippen LogP contribution in [0.25, 0.3) is 0 Å². The van der Waals surface area contributed by atoms with Crippen molar-refractivity contribution in [2.24, 2.45) is 0 Å². The predicted octanol–water partition coefficient (Wildman–Crippen LogP) is 0.272. The molecule has 1 aromatic heterocycles. The zero-order valence-corrected chi connectivity index (χ0v) is 11.8. The van der Waals surface area contributed by atoms with E-state index in [1.807, 2.05) is 4.90 Å². The van der Waals surface area contributed by atoms with Crippen molar-refractivity contribution < 1.29 is 9.32 Å². The fourth-order valence-electron chi connectivity index (χ4n) is 2.77. The highest BCUT2D eigenvalue weighted by molar-refractivity contribution is 5.90. The van der Waals surface area contributed by atoms with E-state index in [9.17, 15) is 4.79 Å². The van der Waals surface area contributed by atoms with Gasteiger partial charge in [0.2, 0.25) is 5.89 Å². The second kappa shape index (κ2) is 5.88. The van der Waals surface area contributed by atoms with Gasteiger partial charge in [0.25, 0.3) is 11.7 Å². The Morgan fingerprint density at radius 1 is 1.40 bits per heavy atom. The van der Waals surface area contributed by atoms with Crippen LogP contribution in [-0.2, 0) is 0 Å². The first-order valence-corrected chi connectivity index (χ1v) is 7.36. The number of carbonyl (C=O) groups is 1. The molecular weight excluding hydrogens is 258 g/mol. The number of amides is 1. The lowest BCUT2D eigenvalue weighted by atomic mass is 10.2. The highest BCUT2D eigenvalue weighted by Crippen LogP contribution is 2.21. The molecule has 2 saturated heterocycles. The van der Waals surface area contributed by atoms with Gasteiger partial charge in [0.05, 0.1) is 6.04 Å². The van der Waals surface area contributed by atoms with E-state index in [1.54, 1.807) is 0 Å². The summed E-state index contributed by atoms with van der Waals surface area (Å²) in [6.07, 6.45) is 2.10. The van der Waals surface area contributed by atoms with Crippen LogP contribution in [0.3, 0.4) is 0 Å². The average molecular weight is 279 g/mol.